The zero-order valence-corrected chi connectivity index (χ0v) is 7.10. The summed E-state index contributed by atoms with van der Waals surface area (Å²) in [5.41, 5.74) is 5.68. The van der Waals surface area contributed by atoms with Crippen molar-refractivity contribution in [2.24, 2.45) is 11.7 Å². The molecule has 1 aliphatic carbocycles. The first-order chi connectivity index (χ1) is 4.20. The zero-order valence-electron chi connectivity index (χ0n) is 6.29. The number of aliphatic hydroxyl groups excluding tert-OH is 1. The van der Waals surface area contributed by atoms with Crippen LogP contribution in [0.15, 0.2) is 0 Å². The van der Waals surface area contributed by atoms with E-state index in [1.807, 2.05) is 0 Å². The normalized spacial score (nSPS) is 40.5. The van der Waals surface area contributed by atoms with E-state index in [1.54, 1.807) is 0 Å². The smallest absolute Gasteiger partial charge is 0.0566 e. The molecule has 0 unspecified atom stereocenters. The Bertz CT molecular complexity index is 99.6. The van der Waals surface area contributed by atoms with Gasteiger partial charge in [0.15, 0.2) is 0 Å². The molecule has 1 saturated carbocycles. The minimum absolute atomic E-state index is 0. The van der Waals surface area contributed by atoms with Crippen molar-refractivity contribution in [1.29, 1.82) is 0 Å². The van der Waals surface area contributed by atoms with Gasteiger partial charge in [0.2, 0.25) is 0 Å². The minimum atomic E-state index is -0.0928. The standard InChI is InChI=1S/C7H15NO.ClH/c1-5-4-6(8)2-3-7(5)9;/h5-7,9H,2-4,8H2,1H3;1H/t5-,6-,7+;/m0./s1. The van der Waals surface area contributed by atoms with Gasteiger partial charge in [0, 0.05) is 6.04 Å². The molecule has 1 aliphatic rings. The van der Waals surface area contributed by atoms with Gasteiger partial charge in [-0.3, -0.25) is 0 Å². The molecule has 1 fully saturated rings. The highest BCUT2D eigenvalue weighted by Crippen LogP contribution is 2.22. The number of aliphatic hydroxyl groups is 1. The molecule has 3 N–H and O–H groups in total. The van der Waals surface area contributed by atoms with Crippen molar-refractivity contribution in [3.63, 3.8) is 0 Å². The van der Waals surface area contributed by atoms with E-state index in [4.69, 9.17) is 5.73 Å². The van der Waals surface area contributed by atoms with Crippen molar-refractivity contribution in [1.82, 2.24) is 0 Å². The number of hydrogen-bond acceptors (Lipinski definition) is 2. The molecular weight excluding hydrogens is 150 g/mol. The molecule has 3 heteroatoms. The second-order valence-electron chi connectivity index (χ2n) is 3.12. The maximum atomic E-state index is 9.24. The quantitative estimate of drug-likeness (QED) is 0.561. The predicted octanol–water partition coefficient (Wildman–Crippen LogP) is 0.916. The highest BCUT2D eigenvalue weighted by Gasteiger charge is 2.22. The fourth-order valence-electron chi connectivity index (χ4n) is 1.42. The van der Waals surface area contributed by atoms with E-state index in [1.165, 1.54) is 0 Å². The molecule has 10 heavy (non-hydrogen) atoms. The second kappa shape index (κ2) is 4.16. The molecule has 1 rings (SSSR count). The maximum Gasteiger partial charge on any atom is 0.0566 e. The lowest BCUT2D eigenvalue weighted by atomic mass is 9.85. The van der Waals surface area contributed by atoms with Crippen molar-refractivity contribution in [3.05, 3.63) is 0 Å². The molecule has 62 valence electrons. The molecule has 0 amide bonds. The van der Waals surface area contributed by atoms with Crippen LogP contribution in [0.25, 0.3) is 0 Å². The van der Waals surface area contributed by atoms with Crippen molar-refractivity contribution in [2.75, 3.05) is 0 Å². The number of nitrogens with two attached hydrogens (primary N) is 1. The largest absolute Gasteiger partial charge is 0.393 e. The highest BCUT2D eigenvalue weighted by atomic mass is 35.5. The van der Waals surface area contributed by atoms with E-state index in [0.717, 1.165) is 19.3 Å². The van der Waals surface area contributed by atoms with Crippen LogP contribution in [-0.4, -0.2) is 17.3 Å². The van der Waals surface area contributed by atoms with E-state index >= 15 is 0 Å². The van der Waals surface area contributed by atoms with E-state index < -0.39 is 0 Å². The van der Waals surface area contributed by atoms with Gasteiger partial charge in [-0.2, -0.15) is 0 Å². The monoisotopic (exact) mass is 165 g/mol. The average molecular weight is 166 g/mol. The van der Waals surface area contributed by atoms with Crippen LogP contribution >= 0.6 is 12.4 Å². The van der Waals surface area contributed by atoms with E-state index in [-0.39, 0.29) is 18.5 Å². The van der Waals surface area contributed by atoms with Gasteiger partial charge < -0.3 is 10.8 Å². The van der Waals surface area contributed by atoms with Crippen LogP contribution < -0.4 is 5.73 Å². The Labute approximate surface area is 68.2 Å². The van der Waals surface area contributed by atoms with Crippen LogP contribution in [0.1, 0.15) is 26.2 Å². The van der Waals surface area contributed by atoms with Gasteiger partial charge in [-0.1, -0.05) is 6.92 Å². The summed E-state index contributed by atoms with van der Waals surface area (Å²) in [6.45, 7) is 2.06. The van der Waals surface area contributed by atoms with Gasteiger partial charge in [0.1, 0.15) is 0 Å². The third kappa shape index (κ3) is 2.45. The summed E-state index contributed by atoms with van der Waals surface area (Å²) in [6, 6.07) is 0.336. The van der Waals surface area contributed by atoms with E-state index in [9.17, 15) is 5.11 Å². The molecule has 2 nitrogen and oxygen atoms in total. The van der Waals surface area contributed by atoms with Crippen molar-refractivity contribution >= 4 is 12.4 Å². The van der Waals surface area contributed by atoms with Crippen LogP contribution in [0.2, 0.25) is 0 Å². The molecule has 0 aromatic carbocycles. The first-order valence-corrected chi connectivity index (χ1v) is 3.64. The SMILES string of the molecule is C[C@H]1C[C@@H](N)CC[C@H]1O.Cl. The van der Waals surface area contributed by atoms with Gasteiger partial charge in [-0.25, -0.2) is 0 Å². The lowest BCUT2D eigenvalue weighted by Gasteiger charge is -2.28. The third-order valence-electron chi connectivity index (χ3n) is 2.16. The maximum absolute atomic E-state index is 9.24. The molecule has 0 heterocycles. The van der Waals surface area contributed by atoms with E-state index in [2.05, 4.69) is 6.92 Å². The molecule has 0 bridgehead atoms. The first kappa shape index (κ1) is 10.2. The van der Waals surface area contributed by atoms with Crippen molar-refractivity contribution < 1.29 is 5.11 Å². The van der Waals surface area contributed by atoms with Gasteiger partial charge in [0.25, 0.3) is 0 Å². The molecule has 0 aliphatic heterocycles. The molecule has 0 radical (unpaired) electrons. The van der Waals surface area contributed by atoms with Crippen LogP contribution in [0, 0.1) is 5.92 Å². The van der Waals surface area contributed by atoms with Gasteiger partial charge >= 0.3 is 0 Å². The second-order valence-corrected chi connectivity index (χ2v) is 3.12. The van der Waals surface area contributed by atoms with Gasteiger partial charge in [-0.05, 0) is 25.2 Å². The summed E-state index contributed by atoms with van der Waals surface area (Å²) in [6.07, 6.45) is 2.78. The van der Waals surface area contributed by atoms with Crippen LogP contribution in [0.5, 0.6) is 0 Å². The summed E-state index contributed by atoms with van der Waals surface area (Å²) < 4.78 is 0. The molecular formula is C7H16ClNO. The topological polar surface area (TPSA) is 46.2 Å². The molecule has 0 aromatic heterocycles. The molecule has 0 aromatic rings. The van der Waals surface area contributed by atoms with Crippen molar-refractivity contribution in [2.45, 2.75) is 38.3 Å². The Morgan fingerprint density at radius 1 is 1.40 bits per heavy atom. The Balaban J connectivity index is 0.000000810. The minimum Gasteiger partial charge on any atom is -0.393 e. The number of halogens is 1. The average Bonchev–Trinajstić information content (AvgIpc) is 1.80. The Kier molecular flexibility index (Phi) is 4.25. The van der Waals surface area contributed by atoms with Crippen LogP contribution in [0.3, 0.4) is 0 Å². The van der Waals surface area contributed by atoms with Gasteiger partial charge in [0.05, 0.1) is 6.10 Å². The lowest BCUT2D eigenvalue weighted by molar-refractivity contribution is 0.0721. The Morgan fingerprint density at radius 3 is 2.40 bits per heavy atom. The summed E-state index contributed by atoms with van der Waals surface area (Å²) in [4.78, 5) is 0. The number of rotatable bonds is 0. The highest BCUT2D eigenvalue weighted by molar-refractivity contribution is 5.85. The van der Waals surface area contributed by atoms with E-state index in [0.29, 0.717) is 12.0 Å². The summed E-state index contributed by atoms with van der Waals surface area (Å²) >= 11 is 0. The Hall–Kier alpha value is 0.210. The zero-order chi connectivity index (χ0) is 6.85. The third-order valence-corrected chi connectivity index (χ3v) is 2.16. The summed E-state index contributed by atoms with van der Waals surface area (Å²) in [7, 11) is 0. The van der Waals surface area contributed by atoms with Gasteiger partial charge in [-0.15, -0.1) is 12.4 Å². The van der Waals surface area contributed by atoms with Crippen LogP contribution in [0.4, 0.5) is 0 Å². The first-order valence-electron chi connectivity index (χ1n) is 3.64. The molecule has 3 atom stereocenters. The lowest BCUT2D eigenvalue weighted by Crippen LogP contribution is -2.34. The Morgan fingerprint density at radius 2 is 2.00 bits per heavy atom. The summed E-state index contributed by atoms with van der Waals surface area (Å²) in [5, 5.41) is 9.24. The summed E-state index contributed by atoms with van der Waals surface area (Å²) in [5.74, 6) is 0.411. The van der Waals surface area contributed by atoms with Crippen molar-refractivity contribution in [3.8, 4) is 0 Å². The fourth-order valence-corrected chi connectivity index (χ4v) is 1.42. The van der Waals surface area contributed by atoms with Crippen LogP contribution in [-0.2, 0) is 0 Å². The molecule has 0 spiro atoms. The fraction of sp³-hybridized carbons (Fsp3) is 1.00. The number of hydrogen-bond donors (Lipinski definition) is 2. The predicted molar refractivity (Wildman–Crippen MR) is 44.2 cm³/mol. The molecule has 0 saturated heterocycles.